The van der Waals surface area contributed by atoms with Crippen LogP contribution in [0.1, 0.15) is 25.1 Å². The van der Waals surface area contributed by atoms with E-state index >= 15 is 0 Å². The summed E-state index contributed by atoms with van der Waals surface area (Å²) in [5.41, 5.74) is 3.90. The molecule has 0 saturated heterocycles. The summed E-state index contributed by atoms with van der Waals surface area (Å²) in [7, 11) is 0. The van der Waals surface area contributed by atoms with E-state index in [4.69, 9.17) is 0 Å². The molecule has 1 N–H and O–H groups in total. The quantitative estimate of drug-likeness (QED) is 0.945. The van der Waals surface area contributed by atoms with Gasteiger partial charge in [0.2, 0.25) is 0 Å². The van der Waals surface area contributed by atoms with Gasteiger partial charge >= 0.3 is 0 Å². The van der Waals surface area contributed by atoms with Gasteiger partial charge in [0.1, 0.15) is 0 Å². The average Bonchev–Trinajstić information content (AvgIpc) is 2.41. The molecule has 0 aromatic carbocycles. The molecule has 3 nitrogen and oxygen atoms in total. The van der Waals surface area contributed by atoms with E-state index in [0.29, 0.717) is 4.47 Å². The van der Waals surface area contributed by atoms with Gasteiger partial charge in [-0.25, -0.2) is 0 Å². The van der Waals surface area contributed by atoms with Crippen molar-refractivity contribution in [2.75, 3.05) is 0 Å². The summed E-state index contributed by atoms with van der Waals surface area (Å²) < 4.78 is 0.538. The highest BCUT2D eigenvalue weighted by Crippen LogP contribution is 2.22. The van der Waals surface area contributed by atoms with Gasteiger partial charge in [-0.05, 0) is 46.5 Å². The standard InChI is InChI=1S/C14H15BrN2O/c1-3-9-5-6-13(16-8-9)10-7-11(15)14(18)17-12(10)4-2/h5-8H,3-4H2,1-2H3,(H,17,18). The van der Waals surface area contributed by atoms with Gasteiger partial charge < -0.3 is 4.98 Å². The largest absolute Gasteiger partial charge is 0.325 e. The van der Waals surface area contributed by atoms with Crippen LogP contribution in [0.5, 0.6) is 0 Å². The van der Waals surface area contributed by atoms with Gasteiger partial charge in [-0.3, -0.25) is 9.78 Å². The molecule has 4 heteroatoms. The summed E-state index contributed by atoms with van der Waals surface area (Å²) in [5, 5.41) is 0. The molecule has 0 aliphatic rings. The molecule has 0 amide bonds. The Morgan fingerprint density at radius 3 is 2.61 bits per heavy atom. The summed E-state index contributed by atoms with van der Waals surface area (Å²) in [4.78, 5) is 18.9. The number of rotatable bonds is 3. The zero-order valence-corrected chi connectivity index (χ0v) is 12.0. The Morgan fingerprint density at radius 1 is 1.28 bits per heavy atom. The molecule has 0 saturated carbocycles. The number of pyridine rings is 2. The molecule has 0 atom stereocenters. The molecule has 2 rings (SSSR count). The van der Waals surface area contributed by atoms with Crippen LogP contribution >= 0.6 is 15.9 Å². The Balaban J connectivity index is 2.54. The third kappa shape index (κ3) is 2.53. The number of aryl methyl sites for hydroxylation is 2. The number of H-pyrrole nitrogens is 1. The lowest BCUT2D eigenvalue weighted by atomic mass is 10.1. The van der Waals surface area contributed by atoms with Crippen molar-refractivity contribution < 1.29 is 0 Å². The third-order valence-electron chi connectivity index (χ3n) is 2.94. The molecular weight excluding hydrogens is 292 g/mol. The van der Waals surface area contributed by atoms with E-state index in [1.807, 2.05) is 25.3 Å². The Hall–Kier alpha value is -1.42. The van der Waals surface area contributed by atoms with Crippen LogP contribution < -0.4 is 5.56 Å². The normalized spacial score (nSPS) is 10.6. The number of nitrogens with zero attached hydrogens (tertiary/aromatic N) is 1. The number of nitrogens with one attached hydrogen (secondary N) is 1. The second kappa shape index (κ2) is 5.48. The van der Waals surface area contributed by atoms with Crippen LogP contribution in [0.25, 0.3) is 11.3 Å². The van der Waals surface area contributed by atoms with Gasteiger partial charge in [0.15, 0.2) is 0 Å². The van der Waals surface area contributed by atoms with Gasteiger partial charge in [-0.1, -0.05) is 19.9 Å². The molecule has 0 aliphatic heterocycles. The molecule has 0 aliphatic carbocycles. The van der Waals surface area contributed by atoms with Crippen LogP contribution in [0.4, 0.5) is 0 Å². The smallest absolute Gasteiger partial charge is 0.262 e. The second-order valence-electron chi connectivity index (χ2n) is 4.10. The Labute approximate surface area is 114 Å². The minimum absolute atomic E-state index is 0.0965. The van der Waals surface area contributed by atoms with Crippen LogP contribution in [-0.2, 0) is 12.8 Å². The molecule has 0 fully saturated rings. The molecule has 2 aromatic rings. The van der Waals surface area contributed by atoms with E-state index < -0.39 is 0 Å². The number of hydrogen-bond acceptors (Lipinski definition) is 2. The molecule has 0 radical (unpaired) electrons. The van der Waals surface area contributed by atoms with Gasteiger partial charge in [-0.15, -0.1) is 0 Å². The maximum atomic E-state index is 11.6. The van der Waals surface area contributed by atoms with Crippen molar-refractivity contribution in [3.05, 3.63) is 50.5 Å². The lowest BCUT2D eigenvalue weighted by Crippen LogP contribution is -2.10. The lowest BCUT2D eigenvalue weighted by Gasteiger charge is -2.08. The van der Waals surface area contributed by atoms with Crippen LogP contribution in [0.15, 0.2) is 33.7 Å². The number of halogens is 1. The van der Waals surface area contributed by atoms with Crippen LogP contribution in [0.3, 0.4) is 0 Å². The zero-order valence-electron chi connectivity index (χ0n) is 10.5. The van der Waals surface area contributed by atoms with Gasteiger partial charge in [0.25, 0.3) is 5.56 Å². The summed E-state index contributed by atoms with van der Waals surface area (Å²) in [5.74, 6) is 0. The van der Waals surface area contributed by atoms with Crippen molar-refractivity contribution >= 4 is 15.9 Å². The van der Waals surface area contributed by atoms with E-state index in [9.17, 15) is 4.79 Å². The first-order valence-electron chi connectivity index (χ1n) is 6.02. The number of aromatic nitrogens is 2. The minimum atomic E-state index is -0.0965. The highest BCUT2D eigenvalue weighted by Gasteiger charge is 2.09. The summed E-state index contributed by atoms with van der Waals surface area (Å²) in [6, 6.07) is 5.91. The van der Waals surface area contributed by atoms with Crippen molar-refractivity contribution in [3.8, 4) is 11.3 Å². The molecule has 2 aromatic heterocycles. The Bertz CT molecular complexity index is 602. The number of hydrogen-bond donors (Lipinski definition) is 1. The summed E-state index contributed by atoms with van der Waals surface area (Å²) in [6.07, 6.45) is 3.63. The van der Waals surface area contributed by atoms with Crippen molar-refractivity contribution in [2.45, 2.75) is 26.7 Å². The lowest BCUT2D eigenvalue weighted by molar-refractivity contribution is 1.00. The SMILES string of the molecule is CCc1ccc(-c2cc(Br)c(=O)[nH]c2CC)nc1. The molecule has 18 heavy (non-hydrogen) atoms. The fourth-order valence-corrected chi connectivity index (χ4v) is 2.17. The van der Waals surface area contributed by atoms with Crippen molar-refractivity contribution in [2.24, 2.45) is 0 Å². The molecule has 0 unspecified atom stereocenters. The van der Waals surface area contributed by atoms with Gasteiger partial charge in [-0.2, -0.15) is 0 Å². The fraction of sp³-hybridized carbons (Fsp3) is 0.286. The predicted octanol–water partition coefficient (Wildman–Crippen LogP) is 3.32. The number of aromatic amines is 1. The van der Waals surface area contributed by atoms with E-state index in [-0.39, 0.29) is 5.56 Å². The average molecular weight is 307 g/mol. The van der Waals surface area contributed by atoms with Crippen LogP contribution in [0, 0.1) is 0 Å². The maximum Gasteiger partial charge on any atom is 0.262 e. The highest BCUT2D eigenvalue weighted by molar-refractivity contribution is 9.10. The first kappa shape index (κ1) is 13.0. The summed E-state index contributed by atoms with van der Waals surface area (Å²) >= 11 is 3.26. The molecule has 2 heterocycles. The predicted molar refractivity (Wildman–Crippen MR) is 76.7 cm³/mol. The van der Waals surface area contributed by atoms with E-state index in [1.165, 1.54) is 5.56 Å². The Kier molecular flexibility index (Phi) is 3.97. The van der Waals surface area contributed by atoms with Crippen LogP contribution in [0.2, 0.25) is 0 Å². The first-order valence-corrected chi connectivity index (χ1v) is 6.82. The van der Waals surface area contributed by atoms with E-state index in [2.05, 4.69) is 38.9 Å². The monoisotopic (exact) mass is 306 g/mol. The first-order chi connectivity index (χ1) is 8.65. The summed E-state index contributed by atoms with van der Waals surface area (Å²) in [6.45, 7) is 4.12. The zero-order chi connectivity index (χ0) is 13.1. The van der Waals surface area contributed by atoms with Crippen molar-refractivity contribution in [1.82, 2.24) is 9.97 Å². The molecular formula is C14H15BrN2O. The Morgan fingerprint density at radius 2 is 2.06 bits per heavy atom. The van der Waals surface area contributed by atoms with Gasteiger partial charge in [0.05, 0.1) is 10.2 Å². The molecule has 0 spiro atoms. The maximum absolute atomic E-state index is 11.6. The minimum Gasteiger partial charge on any atom is -0.325 e. The van der Waals surface area contributed by atoms with Crippen LogP contribution in [-0.4, -0.2) is 9.97 Å². The van der Waals surface area contributed by atoms with E-state index in [1.54, 1.807) is 0 Å². The van der Waals surface area contributed by atoms with Crippen molar-refractivity contribution in [3.63, 3.8) is 0 Å². The highest BCUT2D eigenvalue weighted by atomic mass is 79.9. The third-order valence-corrected chi connectivity index (χ3v) is 3.53. The topological polar surface area (TPSA) is 45.8 Å². The molecule has 94 valence electrons. The van der Waals surface area contributed by atoms with E-state index in [0.717, 1.165) is 29.8 Å². The van der Waals surface area contributed by atoms with Crippen molar-refractivity contribution in [1.29, 1.82) is 0 Å². The van der Waals surface area contributed by atoms with Gasteiger partial charge in [0, 0.05) is 17.5 Å². The fourth-order valence-electron chi connectivity index (χ4n) is 1.84. The second-order valence-corrected chi connectivity index (χ2v) is 4.95. The molecule has 0 bridgehead atoms.